The van der Waals surface area contributed by atoms with Crippen molar-refractivity contribution in [2.45, 2.75) is 26.2 Å². The van der Waals surface area contributed by atoms with Crippen LogP contribution < -0.4 is 5.32 Å². The lowest BCUT2D eigenvalue weighted by atomic mass is 9.97. The van der Waals surface area contributed by atoms with Gasteiger partial charge in [0.2, 0.25) is 0 Å². The van der Waals surface area contributed by atoms with E-state index in [2.05, 4.69) is 47.8 Å². The van der Waals surface area contributed by atoms with Crippen LogP contribution >= 0.6 is 33.9 Å². The zero-order chi connectivity index (χ0) is 13.8. The van der Waals surface area contributed by atoms with Crippen molar-refractivity contribution in [3.05, 3.63) is 49.7 Å². The van der Waals surface area contributed by atoms with Crippen molar-refractivity contribution in [2.24, 2.45) is 0 Å². The minimum atomic E-state index is -0.0325. The summed E-state index contributed by atoms with van der Waals surface area (Å²) in [5.41, 5.74) is 2.85. The van der Waals surface area contributed by atoms with Gasteiger partial charge in [0.05, 0.1) is 8.45 Å². The number of halogens is 1. The second-order valence-electron chi connectivity index (χ2n) is 4.49. The number of amides is 1. The van der Waals surface area contributed by atoms with Gasteiger partial charge < -0.3 is 5.32 Å². The first-order valence-corrected chi connectivity index (χ1v) is 8.22. The minimum absolute atomic E-state index is 0.0325. The zero-order valence-corrected chi connectivity index (χ0v) is 13.9. The molecule has 0 spiro atoms. The van der Waals surface area contributed by atoms with Gasteiger partial charge in [-0.15, -0.1) is 11.3 Å². The predicted molar refractivity (Wildman–Crippen MR) is 90.1 cm³/mol. The standard InChI is InChI=1S/C15H16INOS/c1-3-10(2)12-6-4-5-7-13(12)17-15(18)11-8-14(16)19-9-11/h4-10H,3H2,1-2H3,(H,17,18). The van der Waals surface area contributed by atoms with Crippen LogP contribution in [0.25, 0.3) is 0 Å². The van der Waals surface area contributed by atoms with Crippen LogP contribution in [0.2, 0.25) is 0 Å². The van der Waals surface area contributed by atoms with Crippen LogP contribution in [-0.2, 0) is 0 Å². The van der Waals surface area contributed by atoms with Gasteiger partial charge in [0.15, 0.2) is 0 Å². The normalized spacial score (nSPS) is 12.2. The molecule has 1 amide bonds. The summed E-state index contributed by atoms with van der Waals surface area (Å²) < 4.78 is 1.12. The molecule has 100 valence electrons. The average molecular weight is 385 g/mol. The molecule has 1 heterocycles. The third-order valence-electron chi connectivity index (χ3n) is 3.18. The summed E-state index contributed by atoms with van der Waals surface area (Å²) in [6.07, 6.45) is 1.06. The summed E-state index contributed by atoms with van der Waals surface area (Å²) in [5.74, 6) is 0.411. The SMILES string of the molecule is CCC(C)c1ccccc1NC(=O)c1csc(I)c1. The topological polar surface area (TPSA) is 29.1 Å². The minimum Gasteiger partial charge on any atom is -0.322 e. The lowest BCUT2D eigenvalue weighted by Crippen LogP contribution is -2.13. The van der Waals surface area contributed by atoms with Crippen LogP contribution in [-0.4, -0.2) is 5.91 Å². The van der Waals surface area contributed by atoms with Gasteiger partial charge in [-0.1, -0.05) is 32.0 Å². The Morgan fingerprint density at radius 3 is 2.79 bits per heavy atom. The second kappa shape index (κ2) is 6.52. The molecule has 4 heteroatoms. The first-order valence-electron chi connectivity index (χ1n) is 6.26. The third-order valence-corrected chi connectivity index (χ3v) is 4.97. The number of para-hydroxylation sites is 1. The lowest BCUT2D eigenvalue weighted by Gasteiger charge is -2.15. The highest BCUT2D eigenvalue weighted by Crippen LogP contribution is 2.27. The maximum Gasteiger partial charge on any atom is 0.256 e. The van der Waals surface area contributed by atoms with E-state index < -0.39 is 0 Å². The Bertz CT molecular complexity index is 579. The summed E-state index contributed by atoms with van der Waals surface area (Å²) in [6, 6.07) is 9.94. The monoisotopic (exact) mass is 385 g/mol. The number of rotatable bonds is 4. The molecular formula is C15H16INOS. The summed E-state index contributed by atoms with van der Waals surface area (Å²) in [4.78, 5) is 12.2. The number of nitrogens with one attached hydrogen (secondary N) is 1. The van der Waals surface area contributed by atoms with E-state index >= 15 is 0 Å². The maximum atomic E-state index is 12.2. The van der Waals surface area contributed by atoms with E-state index in [1.54, 1.807) is 11.3 Å². The van der Waals surface area contributed by atoms with Crippen LogP contribution in [0, 0.1) is 2.88 Å². The van der Waals surface area contributed by atoms with Crippen LogP contribution in [0.5, 0.6) is 0 Å². The number of carbonyl (C=O) groups is 1. The van der Waals surface area contributed by atoms with Crippen molar-refractivity contribution in [1.29, 1.82) is 0 Å². The first-order chi connectivity index (χ1) is 9.11. The van der Waals surface area contributed by atoms with Gasteiger partial charge in [0.25, 0.3) is 5.91 Å². The molecule has 19 heavy (non-hydrogen) atoms. The van der Waals surface area contributed by atoms with Gasteiger partial charge in [-0.25, -0.2) is 0 Å². The molecule has 0 saturated carbocycles. The van der Waals surface area contributed by atoms with Crippen molar-refractivity contribution in [1.82, 2.24) is 0 Å². The molecule has 2 aromatic rings. The Hall–Kier alpha value is -0.880. The Labute approximate surface area is 131 Å². The van der Waals surface area contributed by atoms with Gasteiger partial charge in [-0.05, 0) is 52.6 Å². The third kappa shape index (κ3) is 3.57. The van der Waals surface area contributed by atoms with Crippen molar-refractivity contribution in [3.8, 4) is 0 Å². The Morgan fingerprint density at radius 1 is 1.42 bits per heavy atom. The quantitative estimate of drug-likeness (QED) is 0.728. The molecule has 0 aliphatic heterocycles. The molecule has 0 radical (unpaired) electrons. The van der Waals surface area contributed by atoms with E-state index in [-0.39, 0.29) is 5.91 Å². The van der Waals surface area contributed by atoms with E-state index in [1.807, 2.05) is 29.6 Å². The van der Waals surface area contributed by atoms with Crippen molar-refractivity contribution in [2.75, 3.05) is 5.32 Å². The highest BCUT2D eigenvalue weighted by molar-refractivity contribution is 14.1. The summed E-state index contributed by atoms with van der Waals surface area (Å²) >= 11 is 3.81. The van der Waals surface area contributed by atoms with Crippen LogP contribution in [0.15, 0.2) is 35.7 Å². The molecule has 2 nitrogen and oxygen atoms in total. The summed E-state index contributed by atoms with van der Waals surface area (Å²) in [7, 11) is 0. The molecule has 1 unspecified atom stereocenters. The molecule has 0 saturated heterocycles. The molecule has 0 aliphatic carbocycles. The second-order valence-corrected chi connectivity index (χ2v) is 7.30. The van der Waals surface area contributed by atoms with Gasteiger partial charge in [-0.3, -0.25) is 4.79 Å². The fraction of sp³-hybridized carbons (Fsp3) is 0.267. The van der Waals surface area contributed by atoms with E-state index in [1.165, 1.54) is 5.56 Å². The number of hydrogen-bond acceptors (Lipinski definition) is 2. The van der Waals surface area contributed by atoms with E-state index in [0.717, 1.165) is 20.6 Å². The number of benzene rings is 1. The first kappa shape index (κ1) is 14.5. The van der Waals surface area contributed by atoms with Gasteiger partial charge in [0, 0.05) is 11.1 Å². The highest BCUT2D eigenvalue weighted by atomic mass is 127. The molecule has 2 rings (SSSR count). The Balaban J connectivity index is 2.21. The fourth-order valence-electron chi connectivity index (χ4n) is 1.88. The highest BCUT2D eigenvalue weighted by Gasteiger charge is 2.13. The number of hydrogen-bond donors (Lipinski definition) is 1. The maximum absolute atomic E-state index is 12.2. The smallest absolute Gasteiger partial charge is 0.256 e. The molecular weight excluding hydrogens is 369 g/mol. The van der Waals surface area contributed by atoms with Gasteiger partial charge in [-0.2, -0.15) is 0 Å². The molecule has 1 N–H and O–H groups in total. The van der Waals surface area contributed by atoms with Gasteiger partial charge in [0.1, 0.15) is 0 Å². The van der Waals surface area contributed by atoms with E-state index in [0.29, 0.717) is 5.92 Å². The Morgan fingerprint density at radius 2 is 2.16 bits per heavy atom. The predicted octanol–water partition coefficient (Wildman–Crippen LogP) is 5.12. The van der Waals surface area contributed by atoms with E-state index in [4.69, 9.17) is 0 Å². The largest absolute Gasteiger partial charge is 0.322 e. The Kier molecular flexibility index (Phi) is 4.99. The summed E-state index contributed by atoms with van der Waals surface area (Å²) in [5, 5.41) is 4.91. The van der Waals surface area contributed by atoms with Crippen LogP contribution in [0.4, 0.5) is 5.69 Å². The summed E-state index contributed by atoms with van der Waals surface area (Å²) in [6.45, 7) is 4.34. The molecule has 1 aromatic carbocycles. The number of anilines is 1. The average Bonchev–Trinajstić information content (AvgIpc) is 2.85. The van der Waals surface area contributed by atoms with Crippen LogP contribution in [0.1, 0.15) is 42.1 Å². The molecule has 0 aliphatic rings. The van der Waals surface area contributed by atoms with Crippen molar-refractivity contribution in [3.63, 3.8) is 0 Å². The number of thiophene rings is 1. The molecule has 1 atom stereocenters. The lowest BCUT2D eigenvalue weighted by molar-refractivity contribution is 0.102. The van der Waals surface area contributed by atoms with Crippen molar-refractivity contribution >= 4 is 45.5 Å². The molecule has 0 fully saturated rings. The molecule has 0 bridgehead atoms. The fourth-order valence-corrected chi connectivity index (χ4v) is 3.21. The van der Waals surface area contributed by atoms with Crippen LogP contribution in [0.3, 0.4) is 0 Å². The van der Waals surface area contributed by atoms with E-state index in [9.17, 15) is 4.79 Å². The zero-order valence-electron chi connectivity index (χ0n) is 10.9. The number of carbonyl (C=O) groups excluding carboxylic acids is 1. The van der Waals surface area contributed by atoms with Crippen molar-refractivity contribution < 1.29 is 4.79 Å². The molecule has 1 aromatic heterocycles. The van der Waals surface area contributed by atoms with Gasteiger partial charge >= 0.3 is 0 Å².